The smallest absolute Gasteiger partial charge is 0.242 e. The number of nitrogens with one attached hydrogen (secondary N) is 1. The molecular formula is C23H27Cl3N2O2. The zero-order valence-corrected chi connectivity index (χ0v) is 19.5. The molecule has 7 heteroatoms. The van der Waals surface area contributed by atoms with E-state index >= 15 is 0 Å². The second kappa shape index (κ2) is 12.2. The number of halogens is 3. The molecule has 0 aromatic heterocycles. The van der Waals surface area contributed by atoms with Crippen molar-refractivity contribution in [1.29, 1.82) is 0 Å². The number of hydrogen-bond donors (Lipinski definition) is 1. The van der Waals surface area contributed by atoms with Crippen molar-refractivity contribution in [1.82, 2.24) is 10.2 Å². The number of hydrogen-bond acceptors (Lipinski definition) is 2. The fourth-order valence-corrected chi connectivity index (χ4v) is 3.72. The highest BCUT2D eigenvalue weighted by Gasteiger charge is 2.28. The van der Waals surface area contributed by atoms with Crippen LogP contribution in [0, 0.1) is 0 Å². The van der Waals surface area contributed by atoms with Crippen LogP contribution >= 0.6 is 34.8 Å². The van der Waals surface area contributed by atoms with Crippen LogP contribution in [0.15, 0.2) is 42.5 Å². The van der Waals surface area contributed by atoms with Gasteiger partial charge in [0.25, 0.3) is 0 Å². The van der Waals surface area contributed by atoms with E-state index < -0.39 is 6.04 Å². The summed E-state index contributed by atoms with van der Waals surface area (Å²) in [4.78, 5) is 27.7. The molecule has 30 heavy (non-hydrogen) atoms. The van der Waals surface area contributed by atoms with Gasteiger partial charge in [-0.05, 0) is 48.2 Å². The summed E-state index contributed by atoms with van der Waals surface area (Å²) in [5.74, 6) is -0.300. The van der Waals surface area contributed by atoms with Gasteiger partial charge in [0.1, 0.15) is 6.04 Å². The Bertz CT molecular complexity index is 873. The molecule has 0 saturated heterocycles. The molecule has 4 nitrogen and oxygen atoms in total. The Morgan fingerprint density at radius 2 is 1.77 bits per heavy atom. The first-order chi connectivity index (χ1) is 14.3. The molecular weight excluding hydrogens is 443 g/mol. The lowest BCUT2D eigenvalue weighted by Crippen LogP contribution is -2.49. The van der Waals surface area contributed by atoms with Crippen LogP contribution in [-0.2, 0) is 22.6 Å². The van der Waals surface area contributed by atoms with Gasteiger partial charge < -0.3 is 10.2 Å². The van der Waals surface area contributed by atoms with E-state index in [-0.39, 0.29) is 24.8 Å². The lowest BCUT2D eigenvalue weighted by molar-refractivity contribution is -0.140. The standard InChI is InChI=1S/C23H27Cl3N2O2/c1-3-5-11-27-23(30)21(4-2)28(15-17-9-10-19(25)20(26)13-17)22(29)14-16-7-6-8-18(24)12-16/h6-10,12-13,21H,3-5,11,14-15H2,1-2H3,(H,27,30)/t21-/m1/s1. The number of benzene rings is 2. The highest BCUT2D eigenvalue weighted by Crippen LogP contribution is 2.24. The van der Waals surface area contributed by atoms with Gasteiger partial charge in [0, 0.05) is 18.1 Å². The van der Waals surface area contributed by atoms with E-state index in [4.69, 9.17) is 34.8 Å². The predicted molar refractivity (Wildman–Crippen MR) is 124 cm³/mol. The van der Waals surface area contributed by atoms with Crippen LogP contribution in [0.4, 0.5) is 0 Å². The number of unbranched alkanes of at least 4 members (excludes halogenated alkanes) is 1. The molecule has 162 valence electrons. The highest BCUT2D eigenvalue weighted by molar-refractivity contribution is 6.42. The summed E-state index contributed by atoms with van der Waals surface area (Å²) in [5, 5.41) is 4.38. The zero-order valence-electron chi connectivity index (χ0n) is 17.3. The molecule has 0 aliphatic rings. The number of carbonyl (C=O) groups excluding carboxylic acids is 2. The van der Waals surface area contributed by atoms with Crippen LogP contribution < -0.4 is 5.32 Å². The average molecular weight is 470 g/mol. The highest BCUT2D eigenvalue weighted by atomic mass is 35.5. The fourth-order valence-electron chi connectivity index (χ4n) is 3.18. The number of rotatable bonds is 10. The monoisotopic (exact) mass is 468 g/mol. The van der Waals surface area contributed by atoms with Crippen molar-refractivity contribution >= 4 is 46.6 Å². The first kappa shape index (κ1) is 24.5. The molecule has 0 fully saturated rings. The van der Waals surface area contributed by atoms with E-state index in [0.29, 0.717) is 28.0 Å². The molecule has 0 aliphatic carbocycles. The molecule has 0 bridgehead atoms. The summed E-state index contributed by atoms with van der Waals surface area (Å²) < 4.78 is 0. The Balaban J connectivity index is 2.28. The van der Waals surface area contributed by atoms with Crippen molar-refractivity contribution in [3.63, 3.8) is 0 Å². The minimum atomic E-state index is -0.581. The normalized spacial score (nSPS) is 11.8. The largest absolute Gasteiger partial charge is 0.354 e. The number of nitrogens with zero attached hydrogens (tertiary/aromatic N) is 1. The molecule has 2 rings (SSSR count). The van der Waals surface area contributed by atoms with Crippen molar-refractivity contribution in [3.8, 4) is 0 Å². The van der Waals surface area contributed by atoms with E-state index in [1.807, 2.05) is 25.1 Å². The molecule has 0 heterocycles. The van der Waals surface area contributed by atoms with Crippen molar-refractivity contribution < 1.29 is 9.59 Å². The summed E-state index contributed by atoms with van der Waals surface area (Å²) in [5.41, 5.74) is 1.61. The van der Waals surface area contributed by atoms with Crippen LogP contribution in [0.3, 0.4) is 0 Å². The molecule has 2 amide bonds. The van der Waals surface area contributed by atoms with Gasteiger partial charge in [-0.3, -0.25) is 9.59 Å². The topological polar surface area (TPSA) is 49.4 Å². The quantitative estimate of drug-likeness (QED) is 0.440. The van der Waals surface area contributed by atoms with Crippen LogP contribution in [0.25, 0.3) is 0 Å². The van der Waals surface area contributed by atoms with Gasteiger partial charge in [0.15, 0.2) is 0 Å². The lowest BCUT2D eigenvalue weighted by atomic mass is 10.1. The van der Waals surface area contributed by atoms with Gasteiger partial charge in [0.05, 0.1) is 16.5 Å². The van der Waals surface area contributed by atoms with Gasteiger partial charge >= 0.3 is 0 Å². The average Bonchev–Trinajstić information content (AvgIpc) is 2.70. The summed E-state index contributed by atoms with van der Waals surface area (Å²) in [6, 6.07) is 11.8. The molecule has 0 radical (unpaired) electrons. The second-order valence-electron chi connectivity index (χ2n) is 7.15. The molecule has 1 atom stereocenters. The van der Waals surface area contributed by atoms with Gasteiger partial charge in [0.2, 0.25) is 11.8 Å². The van der Waals surface area contributed by atoms with Crippen molar-refractivity contribution in [3.05, 3.63) is 68.7 Å². The molecule has 0 spiro atoms. The van der Waals surface area contributed by atoms with Crippen LogP contribution in [0.5, 0.6) is 0 Å². The third-order valence-corrected chi connectivity index (χ3v) is 5.77. The van der Waals surface area contributed by atoms with E-state index in [0.717, 1.165) is 24.0 Å². The minimum Gasteiger partial charge on any atom is -0.354 e. The summed E-state index contributed by atoms with van der Waals surface area (Å²) in [6.45, 7) is 4.82. The molecule has 2 aromatic rings. The summed E-state index contributed by atoms with van der Waals surface area (Å²) >= 11 is 18.2. The second-order valence-corrected chi connectivity index (χ2v) is 8.40. The molecule has 0 aliphatic heterocycles. The summed E-state index contributed by atoms with van der Waals surface area (Å²) in [7, 11) is 0. The zero-order chi connectivity index (χ0) is 22.1. The van der Waals surface area contributed by atoms with Gasteiger partial charge in [-0.2, -0.15) is 0 Å². The lowest BCUT2D eigenvalue weighted by Gasteiger charge is -2.31. The maximum Gasteiger partial charge on any atom is 0.242 e. The Labute approximate surface area is 193 Å². The van der Waals surface area contributed by atoms with Crippen molar-refractivity contribution in [2.75, 3.05) is 6.54 Å². The Morgan fingerprint density at radius 3 is 2.40 bits per heavy atom. The van der Waals surface area contributed by atoms with Crippen LogP contribution in [-0.4, -0.2) is 29.3 Å². The summed E-state index contributed by atoms with van der Waals surface area (Å²) in [6.07, 6.45) is 2.53. The Morgan fingerprint density at radius 1 is 1.00 bits per heavy atom. The van der Waals surface area contributed by atoms with E-state index in [9.17, 15) is 9.59 Å². The SMILES string of the molecule is CCCCNC(=O)[C@@H](CC)N(Cc1ccc(Cl)c(Cl)c1)C(=O)Cc1cccc(Cl)c1. The minimum absolute atomic E-state index is 0.148. The third kappa shape index (κ3) is 7.19. The van der Waals surface area contributed by atoms with Gasteiger partial charge in [-0.15, -0.1) is 0 Å². The first-order valence-electron chi connectivity index (χ1n) is 10.1. The molecule has 0 unspecified atom stereocenters. The molecule has 1 N–H and O–H groups in total. The van der Waals surface area contributed by atoms with E-state index in [1.54, 1.807) is 29.2 Å². The number of carbonyl (C=O) groups is 2. The van der Waals surface area contributed by atoms with E-state index in [1.165, 1.54) is 0 Å². The fraction of sp³-hybridized carbons (Fsp3) is 0.391. The third-order valence-electron chi connectivity index (χ3n) is 4.80. The van der Waals surface area contributed by atoms with Gasteiger partial charge in [-0.1, -0.05) is 73.3 Å². The van der Waals surface area contributed by atoms with Crippen LogP contribution in [0.2, 0.25) is 15.1 Å². The predicted octanol–water partition coefficient (Wildman–Crippen LogP) is 5.91. The molecule has 0 saturated carbocycles. The first-order valence-corrected chi connectivity index (χ1v) is 11.2. The van der Waals surface area contributed by atoms with Crippen LogP contribution in [0.1, 0.15) is 44.2 Å². The Kier molecular flexibility index (Phi) is 9.96. The Hall–Kier alpha value is -1.75. The number of amides is 2. The molecule has 2 aromatic carbocycles. The van der Waals surface area contributed by atoms with E-state index in [2.05, 4.69) is 12.2 Å². The maximum atomic E-state index is 13.3. The van der Waals surface area contributed by atoms with Crippen molar-refractivity contribution in [2.45, 2.75) is 52.1 Å². The van der Waals surface area contributed by atoms with Gasteiger partial charge in [-0.25, -0.2) is 0 Å². The maximum absolute atomic E-state index is 13.3. The van der Waals surface area contributed by atoms with Crippen molar-refractivity contribution in [2.24, 2.45) is 0 Å².